The number of rotatable bonds is 6. The molecule has 3 nitrogen and oxygen atoms in total. The molecule has 1 heterocycles. The second-order valence-corrected chi connectivity index (χ2v) is 4.73. The molecule has 0 aliphatic rings. The molecule has 0 bridgehead atoms. The fourth-order valence-corrected chi connectivity index (χ4v) is 2.15. The summed E-state index contributed by atoms with van der Waals surface area (Å²) >= 11 is 0. The Balaban J connectivity index is 1.88. The lowest BCUT2D eigenvalue weighted by Gasteiger charge is -2.07. The van der Waals surface area contributed by atoms with Gasteiger partial charge in [-0.15, -0.1) is 0 Å². The van der Waals surface area contributed by atoms with Gasteiger partial charge in [-0.3, -0.25) is 0 Å². The number of hydrogen-bond donors (Lipinski definition) is 0. The predicted octanol–water partition coefficient (Wildman–Crippen LogP) is 3.87. The first-order valence-corrected chi connectivity index (χ1v) is 6.83. The van der Waals surface area contributed by atoms with E-state index in [1.807, 2.05) is 26.0 Å². The van der Waals surface area contributed by atoms with E-state index in [-0.39, 0.29) is 0 Å². The molecule has 0 spiro atoms. The molecule has 0 fully saturated rings. The molecule has 2 aromatic rings. The number of oxazole rings is 1. The highest BCUT2D eigenvalue weighted by Gasteiger charge is 2.06. The monoisotopic (exact) mass is 259 g/mol. The second kappa shape index (κ2) is 6.41. The van der Waals surface area contributed by atoms with Crippen LogP contribution < -0.4 is 4.74 Å². The normalized spacial score (nSPS) is 10.7. The first-order valence-electron chi connectivity index (χ1n) is 6.83. The van der Waals surface area contributed by atoms with Gasteiger partial charge in [0.15, 0.2) is 5.89 Å². The van der Waals surface area contributed by atoms with Crippen molar-refractivity contribution in [2.45, 2.75) is 40.0 Å². The molecular formula is C16H21NO2. The SMILES string of the molecule is CCCc1cccc(OCCc2nc(C)oc2C)c1. The summed E-state index contributed by atoms with van der Waals surface area (Å²) in [6.45, 7) is 6.62. The van der Waals surface area contributed by atoms with Crippen LogP contribution in [0.1, 0.15) is 36.3 Å². The molecule has 1 aromatic carbocycles. The minimum atomic E-state index is 0.627. The van der Waals surface area contributed by atoms with Gasteiger partial charge in [0.05, 0.1) is 12.3 Å². The summed E-state index contributed by atoms with van der Waals surface area (Å²) in [6.07, 6.45) is 3.03. The third kappa shape index (κ3) is 3.85. The molecule has 0 aliphatic heterocycles. The Hall–Kier alpha value is -1.77. The number of aryl methyl sites for hydroxylation is 3. The van der Waals surface area contributed by atoms with Gasteiger partial charge < -0.3 is 9.15 Å². The van der Waals surface area contributed by atoms with Gasteiger partial charge >= 0.3 is 0 Å². The first-order chi connectivity index (χ1) is 9.19. The third-order valence-corrected chi connectivity index (χ3v) is 3.04. The molecule has 1 aromatic heterocycles. The molecule has 0 amide bonds. The summed E-state index contributed by atoms with van der Waals surface area (Å²) in [4.78, 5) is 4.34. The van der Waals surface area contributed by atoms with Crippen LogP contribution in [0, 0.1) is 13.8 Å². The zero-order valence-corrected chi connectivity index (χ0v) is 11.9. The van der Waals surface area contributed by atoms with Crippen LogP contribution in [0.15, 0.2) is 28.7 Å². The summed E-state index contributed by atoms with van der Waals surface area (Å²) in [6, 6.07) is 8.30. The lowest BCUT2D eigenvalue weighted by Crippen LogP contribution is -2.03. The van der Waals surface area contributed by atoms with Crippen molar-refractivity contribution in [3.63, 3.8) is 0 Å². The van der Waals surface area contributed by atoms with Gasteiger partial charge in [0.1, 0.15) is 11.5 Å². The highest BCUT2D eigenvalue weighted by atomic mass is 16.5. The summed E-state index contributed by atoms with van der Waals surface area (Å²) in [5, 5.41) is 0. The Kier molecular flexibility index (Phi) is 4.61. The molecule has 0 atom stereocenters. The summed E-state index contributed by atoms with van der Waals surface area (Å²) < 4.78 is 11.2. The molecule has 0 saturated carbocycles. The minimum absolute atomic E-state index is 0.627. The topological polar surface area (TPSA) is 35.3 Å². The Morgan fingerprint density at radius 1 is 1.21 bits per heavy atom. The Morgan fingerprint density at radius 3 is 2.74 bits per heavy atom. The van der Waals surface area contributed by atoms with Crippen molar-refractivity contribution >= 4 is 0 Å². The maximum atomic E-state index is 5.78. The molecule has 102 valence electrons. The molecule has 0 saturated heterocycles. The summed E-state index contributed by atoms with van der Waals surface area (Å²) in [5.41, 5.74) is 2.32. The average Bonchev–Trinajstić information content (AvgIpc) is 2.69. The van der Waals surface area contributed by atoms with E-state index in [0.29, 0.717) is 6.61 Å². The van der Waals surface area contributed by atoms with E-state index in [0.717, 1.165) is 42.4 Å². The fraction of sp³-hybridized carbons (Fsp3) is 0.438. The Morgan fingerprint density at radius 2 is 2.05 bits per heavy atom. The Labute approximate surface area is 114 Å². The largest absolute Gasteiger partial charge is 0.493 e. The predicted molar refractivity (Wildman–Crippen MR) is 75.6 cm³/mol. The van der Waals surface area contributed by atoms with Crippen molar-refractivity contribution in [3.05, 3.63) is 47.2 Å². The van der Waals surface area contributed by atoms with Gasteiger partial charge in [-0.05, 0) is 31.0 Å². The van der Waals surface area contributed by atoms with Crippen molar-refractivity contribution in [1.29, 1.82) is 0 Å². The van der Waals surface area contributed by atoms with E-state index in [4.69, 9.17) is 9.15 Å². The Bertz CT molecular complexity index is 531. The molecule has 0 aliphatic carbocycles. The van der Waals surface area contributed by atoms with Crippen molar-refractivity contribution in [1.82, 2.24) is 4.98 Å². The molecular weight excluding hydrogens is 238 g/mol. The van der Waals surface area contributed by atoms with E-state index < -0.39 is 0 Å². The zero-order valence-electron chi connectivity index (χ0n) is 11.9. The minimum Gasteiger partial charge on any atom is -0.493 e. The molecule has 3 heteroatoms. The van der Waals surface area contributed by atoms with Crippen molar-refractivity contribution in [3.8, 4) is 5.75 Å². The smallest absolute Gasteiger partial charge is 0.191 e. The van der Waals surface area contributed by atoms with Crippen LogP contribution in [0.3, 0.4) is 0 Å². The number of benzene rings is 1. The van der Waals surface area contributed by atoms with Crippen LogP contribution in [-0.2, 0) is 12.8 Å². The van der Waals surface area contributed by atoms with E-state index in [1.54, 1.807) is 0 Å². The van der Waals surface area contributed by atoms with Crippen LogP contribution in [-0.4, -0.2) is 11.6 Å². The van der Waals surface area contributed by atoms with E-state index >= 15 is 0 Å². The van der Waals surface area contributed by atoms with Crippen LogP contribution in [0.4, 0.5) is 0 Å². The van der Waals surface area contributed by atoms with Gasteiger partial charge in [-0.2, -0.15) is 0 Å². The maximum absolute atomic E-state index is 5.78. The lowest BCUT2D eigenvalue weighted by atomic mass is 10.1. The van der Waals surface area contributed by atoms with Gasteiger partial charge in [0.25, 0.3) is 0 Å². The lowest BCUT2D eigenvalue weighted by molar-refractivity contribution is 0.319. The van der Waals surface area contributed by atoms with Gasteiger partial charge in [0.2, 0.25) is 0 Å². The van der Waals surface area contributed by atoms with Crippen molar-refractivity contribution < 1.29 is 9.15 Å². The highest BCUT2D eigenvalue weighted by Crippen LogP contribution is 2.16. The molecule has 19 heavy (non-hydrogen) atoms. The van der Waals surface area contributed by atoms with E-state index in [1.165, 1.54) is 5.56 Å². The number of ether oxygens (including phenoxy) is 1. The standard InChI is InChI=1S/C16H21NO2/c1-4-6-14-7-5-8-15(11-14)18-10-9-16-12(2)19-13(3)17-16/h5,7-8,11H,4,6,9-10H2,1-3H3. The summed E-state index contributed by atoms with van der Waals surface area (Å²) in [7, 11) is 0. The zero-order chi connectivity index (χ0) is 13.7. The first kappa shape index (κ1) is 13.7. The highest BCUT2D eigenvalue weighted by molar-refractivity contribution is 5.28. The number of hydrogen-bond acceptors (Lipinski definition) is 3. The van der Waals surface area contributed by atoms with Crippen LogP contribution >= 0.6 is 0 Å². The molecule has 0 radical (unpaired) electrons. The number of nitrogens with zero attached hydrogens (tertiary/aromatic N) is 1. The van der Waals surface area contributed by atoms with Crippen molar-refractivity contribution in [2.75, 3.05) is 6.61 Å². The number of aromatic nitrogens is 1. The van der Waals surface area contributed by atoms with E-state index in [2.05, 4.69) is 24.0 Å². The molecule has 0 unspecified atom stereocenters. The van der Waals surface area contributed by atoms with Gasteiger partial charge in [-0.1, -0.05) is 25.5 Å². The maximum Gasteiger partial charge on any atom is 0.191 e. The van der Waals surface area contributed by atoms with Crippen LogP contribution in [0.5, 0.6) is 5.75 Å². The van der Waals surface area contributed by atoms with Crippen LogP contribution in [0.2, 0.25) is 0 Å². The van der Waals surface area contributed by atoms with Gasteiger partial charge in [0, 0.05) is 13.3 Å². The molecule has 2 rings (SSSR count). The summed E-state index contributed by atoms with van der Waals surface area (Å²) in [5.74, 6) is 2.54. The van der Waals surface area contributed by atoms with Gasteiger partial charge in [-0.25, -0.2) is 4.98 Å². The average molecular weight is 259 g/mol. The quantitative estimate of drug-likeness (QED) is 0.790. The van der Waals surface area contributed by atoms with Crippen molar-refractivity contribution in [2.24, 2.45) is 0 Å². The van der Waals surface area contributed by atoms with E-state index in [9.17, 15) is 0 Å². The fourth-order valence-electron chi connectivity index (χ4n) is 2.15. The second-order valence-electron chi connectivity index (χ2n) is 4.73. The van der Waals surface area contributed by atoms with Crippen LogP contribution in [0.25, 0.3) is 0 Å². The molecule has 0 N–H and O–H groups in total. The third-order valence-electron chi connectivity index (χ3n) is 3.04.